The van der Waals surface area contributed by atoms with Crippen LogP contribution in [0.25, 0.3) is 0 Å². The van der Waals surface area contributed by atoms with E-state index in [4.69, 9.17) is 0 Å². The Balaban J connectivity index is 1.79. The second kappa shape index (κ2) is 7.53. The molecule has 0 aromatic carbocycles. The molecule has 0 amide bonds. The summed E-state index contributed by atoms with van der Waals surface area (Å²) in [5, 5.41) is 3.51. The fourth-order valence-corrected chi connectivity index (χ4v) is 2.71. The number of hydrogen-bond acceptors (Lipinski definition) is 3. The lowest BCUT2D eigenvalue weighted by atomic mass is 10.1. The molecule has 1 aromatic rings. The van der Waals surface area contributed by atoms with E-state index in [1.165, 1.54) is 45.2 Å². The Morgan fingerprint density at radius 1 is 1.32 bits per heavy atom. The van der Waals surface area contributed by atoms with Crippen LogP contribution in [-0.4, -0.2) is 40.1 Å². The number of aryl methyl sites for hydroxylation is 1. The van der Waals surface area contributed by atoms with Crippen LogP contribution in [-0.2, 0) is 6.54 Å². The third-order valence-electron chi connectivity index (χ3n) is 4.04. The predicted octanol–water partition coefficient (Wildman–Crippen LogP) is 2.97. The van der Waals surface area contributed by atoms with E-state index < -0.39 is 0 Å². The first-order chi connectivity index (χ1) is 9.31. The molecule has 0 bridgehead atoms. The van der Waals surface area contributed by atoms with Crippen LogP contribution in [0.3, 0.4) is 0 Å². The second-order valence-corrected chi connectivity index (χ2v) is 5.62. The van der Waals surface area contributed by atoms with E-state index in [1.54, 1.807) is 0 Å². The quantitative estimate of drug-likeness (QED) is 0.822. The Kier molecular flexibility index (Phi) is 5.70. The first-order valence-electron chi connectivity index (χ1n) is 7.80. The van der Waals surface area contributed by atoms with E-state index in [-0.39, 0.29) is 0 Å². The van der Waals surface area contributed by atoms with Gasteiger partial charge in [-0.05, 0) is 39.3 Å². The molecule has 1 N–H and O–H groups in total. The molecule has 1 aliphatic rings. The highest BCUT2D eigenvalue weighted by atomic mass is 15.2. The molecule has 1 aliphatic heterocycles. The molecular formula is C15H28N4. The minimum absolute atomic E-state index is 0.594. The van der Waals surface area contributed by atoms with Crippen molar-refractivity contribution in [1.29, 1.82) is 0 Å². The summed E-state index contributed by atoms with van der Waals surface area (Å²) in [5.41, 5.74) is 0. The minimum atomic E-state index is 0.594. The molecule has 2 rings (SSSR count). The Hall–Kier alpha value is -1.03. The minimum Gasteiger partial charge on any atom is -0.354 e. The van der Waals surface area contributed by atoms with Crippen LogP contribution in [0, 0.1) is 0 Å². The highest BCUT2D eigenvalue weighted by Gasteiger charge is 2.16. The van der Waals surface area contributed by atoms with Gasteiger partial charge in [0.1, 0.15) is 0 Å². The van der Waals surface area contributed by atoms with E-state index in [9.17, 15) is 0 Å². The molecule has 2 heterocycles. The van der Waals surface area contributed by atoms with Crippen LogP contribution in [0.2, 0.25) is 0 Å². The van der Waals surface area contributed by atoms with Gasteiger partial charge in [0.2, 0.25) is 5.95 Å². The van der Waals surface area contributed by atoms with Crippen LogP contribution in [0.1, 0.15) is 46.0 Å². The number of nitrogens with one attached hydrogen (secondary N) is 1. The molecule has 0 spiro atoms. The first kappa shape index (κ1) is 14.4. The molecular weight excluding hydrogens is 236 g/mol. The van der Waals surface area contributed by atoms with Crippen molar-refractivity contribution in [2.24, 2.45) is 0 Å². The zero-order chi connectivity index (χ0) is 13.5. The Morgan fingerprint density at radius 3 is 2.84 bits per heavy atom. The summed E-state index contributed by atoms with van der Waals surface area (Å²) in [6, 6.07) is 0.594. The summed E-state index contributed by atoms with van der Waals surface area (Å²) in [4.78, 5) is 7.01. The third kappa shape index (κ3) is 4.23. The Labute approximate surface area is 117 Å². The molecule has 1 atom stereocenters. The highest BCUT2D eigenvalue weighted by Crippen LogP contribution is 2.13. The maximum atomic E-state index is 4.42. The van der Waals surface area contributed by atoms with Gasteiger partial charge in [-0.25, -0.2) is 4.98 Å². The van der Waals surface area contributed by atoms with Gasteiger partial charge in [-0.15, -0.1) is 0 Å². The van der Waals surface area contributed by atoms with Gasteiger partial charge in [0, 0.05) is 31.5 Å². The summed E-state index contributed by atoms with van der Waals surface area (Å²) in [6.45, 7) is 9.11. The number of nitrogens with zero attached hydrogens (tertiary/aromatic N) is 3. The third-order valence-corrected chi connectivity index (χ3v) is 4.04. The van der Waals surface area contributed by atoms with Gasteiger partial charge in [-0.2, -0.15) is 0 Å². The van der Waals surface area contributed by atoms with E-state index in [1.807, 2.05) is 6.20 Å². The summed E-state index contributed by atoms with van der Waals surface area (Å²) in [5.74, 6) is 1.03. The lowest BCUT2D eigenvalue weighted by molar-refractivity contribution is 0.180. The van der Waals surface area contributed by atoms with Crippen LogP contribution in [0.15, 0.2) is 12.4 Å². The molecule has 108 valence electrons. The van der Waals surface area contributed by atoms with E-state index >= 15 is 0 Å². The molecule has 4 nitrogen and oxygen atoms in total. The van der Waals surface area contributed by atoms with Gasteiger partial charge in [0.05, 0.1) is 0 Å². The maximum Gasteiger partial charge on any atom is 0.202 e. The van der Waals surface area contributed by atoms with Gasteiger partial charge in [-0.3, -0.25) is 4.90 Å². The summed E-state index contributed by atoms with van der Waals surface area (Å²) in [6.07, 6.45) is 10.5. The average Bonchev–Trinajstić information content (AvgIpc) is 2.91. The summed E-state index contributed by atoms with van der Waals surface area (Å²) >= 11 is 0. The molecule has 1 aromatic heterocycles. The molecule has 0 saturated carbocycles. The van der Waals surface area contributed by atoms with Crippen molar-refractivity contribution in [2.45, 2.75) is 58.5 Å². The summed E-state index contributed by atoms with van der Waals surface area (Å²) < 4.78 is 2.23. The van der Waals surface area contributed by atoms with Crippen molar-refractivity contribution < 1.29 is 0 Å². The number of hydrogen-bond donors (Lipinski definition) is 1. The molecule has 19 heavy (non-hydrogen) atoms. The van der Waals surface area contributed by atoms with Gasteiger partial charge in [0.15, 0.2) is 0 Å². The number of anilines is 1. The summed E-state index contributed by atoms with van der Waals surface area (Å²) in [7, 11) is 0. The van der Waals surface area contributed by atoms with Gasteiger partial charge >= 0.3 is 0 Å². The van der Waals surface area contributed by atoms with Crippen LogP contribution in [0.4, 0.5) is 5.95 Å². The fourth-order valence-electron chi connectivity index (χ4n) is 2.71. The van der Waals surface area contributed by atoms with Crippen molar-refractivity contribution in [3.8, 4) is 0 Å². The van der Waals surface area contributed by atoms with Crippen LogP contribution >= 0.6 is 0 Å². The Morgan fingerprint density at radius 2 is 2.11 bits per heavy atom. The number of aromatic nitrogens is 2. The van der Waals surface area contributed by atoms with Crippen molar-refractivity contribution in [1.82, 2.24) is 14.5 Å². The van der Waals surface area contributed by atoms with Gasteiger partial charge < -0.3 is 9.88 Å². The van der Waals surface area contributed by atoms with Gasteiger partial charge in [0.25, 0.3) is 0 Å². The molecule has 1 fully saturated rings. The zero-order valence-corrected chi connectivity index (χ0v) is 12.4. The molecule has 0 aliphatic carbocycles. The molecule has 1 saturated heterocycles. The number of unbranched alkanes of at least 4 members (excludes halogenated alkanes) is 1. The topological polar surface area (TPSA) is 33.1 Å². The number of rotatable bonds is 7. The van der Waals surface area contributed by atoms with Crippen molar-refractivity contribution in [2.75, 3.05) is 25.0 Å². The predicted molar refractivity (Wildman–Crippen MR) is 80.5 cm³/mol. The normalized spacial score (nSPS) is 18.4. The van der Waals surface area contributed by atoms with Crippen molar-refractivity contribution in [3.63, 3.8) is 0 Å². The van der Waals surface area contributed by atoms with Crippen LogP contribution < -0.4 is 5.32 Å². The number of imidazole rings is 1. The van der Waals surface area contributed by atoms with E-state index in [2.05, 4.69) is 39.8 Å². The van der Waals surface area contributed by atoms with Gasteiger partial charge in [-0.1, -0.05) is 19.8 Å². The monoisotopic (exact) mass is 264 g/mol. The zero-order valence-electron chi connectivity index (χ0n) is 12.4. The smallest absolute Gasteiger partial charge is 0.202 e. The van der Waals surface area contributed by atoms with E-state index in [0.29, 0.717) is 6.04 Å². The second-order valence-electron chi connectivity index (χ2n) is 5.62. The van der Waals surface area contributed by atoms with E-state index in [0.717, 1.165) is 19.0 Å². The lowest BCUT2D eigenvalue weighted by Gasteiger charge is -2.32. The van der Waals surface area contributed by atoms with Crippen molar-refractivity contribution >= 4 is 5.95 Å². The fraction of sp³-hybridized carbons (Fsp3) is 0.800. The van der Waals surface area contributed by atoms with Crippen LogP contribution in [0.5, 0.6) is 0 Å². The maximum absolute atomic E-state index is 4.42. The average molecular weight is 264 g/mol. The molecule has 0 radical (unpaired) electrons. The largest absolute Gasteiger partial charge is 0.354 e. The molecule has 4 heteroatoms. The lowest BCUT2D eigenvalue weighted by Crippen LogP contribution is -2.41. The number of piperidine rings is 1. The number of likely N-dealkylation sites (tertiary alicyclic amines) is 1. The SMILES string of the molecule is CCCCn1ccnc1NCC(C)N1CCCCC1. The highest BCUT2D eigenvalue weighted by molar-refractivity contribution is 5.26. The molecule has 1 unspecified atom stereocenters. The standard InChI is InChI=1S/C15H28N4/c1-3-4-9-19-12-8-16-15(19)17-13-14(2)18-10-6-5-7-11-18/h8,12,14H,3-7,9-11,13H2,1-2H3,(H,16,17). The Bertz CT molecular complexity index is 355. The first-order valence-corrected chi connectivity index (χ1v) is 7.80. The van der Waals surface area contributed by atoms with Crippen molar-refractivity contribution in [3.05, 3.63) is 12.4 Å².